The Labute approximate surface area is 127 Å². The fourth-order valence-electron chi connectivity index (χ4n) is 1.65. The molecule has 0 amide bonds. The maximum absolute atomic E-state index is 8.09. The van der Waals surface area contributed by atoms with Gasteiger partial charge in [-0.25, -0.2) is 21.0 Å². The van der Waals surface area contributed by atoms with E-state index < -0.39 is 6.15 Å². The van der Waals surface area contributed by atoms with Crippen LogP contribution in [-0.2, 0) is 0 Å². The molecule has 21 heavy (non-hydrogen) atoms. The van der Waals surface area contributed by atoms with Crippen LogP contribution >= 0.6 is 0 Å². The molecule has 0 fully saturated rings. The fourth-order valence-corrected chi connectivity index (χ4v) is 1.65. The molecule has 110 valence electrons. The van der Waals surface area contributed by atoms with Crippen molar-refractivity contribution in [3.05, 3.63) is 12.4 Å². The van der Waals surface area contributed by atoms with Crippen molar-refractivity contribution in [2.45, 2.75) is 32.6 Å². The summed E-state index contributed by atoms with van der Waals surface area (Å²) < 4.78 is 0. The van der Waals surface area contributed by atoms with Gasteiger partial charge in [0, 0.05) is 26.0 Å². The van der Waals surface area contributed by atoms with E-state index in [4.69, 9.17) is 21.0 Å². The van der Waals surface area contributed by atoms with Gasteiger partial charge in [0.2, 0.25) is 0 Å². The lowest BCUT2D eigenvalue weighted by atomic mass is 9.30. The minimum atomic E-state index is -2.72. The first-order chi connectivity index (χ1) is 10.1. The van der Waals surface area contributed by atoms with E-state index in [-0.39, 0.29) is 0 Å². The van der Waals surface area contributed by atoms with Crippen LogP contribution in [0, 0.1) is 44.9 Å². The van der Waals surface area contributed by atoms with Crippen LogP contribution in [0.1, 0.15) is 32.6 Å². The van der Waals surface area contributed by atoms with Gasteiger partial charge in [-0.1, -0.05) is 26.2 Å². The Morgan fingerprint density at radius 2 is 1.52 bits per heavy atom. The molecule has 0 aromatic heterocycles. The topological polar surface area (TPSA) is 102 Å². The normalized spacial score (nSPS) is 12.5. The maximum atomic E-state index is 8.09. The van der Waals surface area contributed by atoms with Gasteiger partial charge in [-0.2, -0.15) is 0 Å². The zero-order chi connectivity index (χ0) is 16.1. The molecule has 1 rings (SSSR count). The largest absolute Gasteiger partial charge is 0.383 e. The number of nitriles is 4. The van der Waals surface area contributed by atoms with E-state index in [1.54, 1.807) is 0 Å². The fraction of sp³-hybridized carbons (Fsp3) is 0.571. The molecule has 6 nitrogen and oxygen atoms in total. The maximum Gasteiger partial charge on any atom is 0.383 e. The van der Waals surface area contributed by atoms with Crippen LogP contribution in [0.15, 0.2) is 12.4 Å². The molecule has 0 N–H and O–H groups in total. The molecule has 1 aliphatic heterocycles. The Hall–Kier alpha value is -2.64. The Morgan fingerprint density at radius 3 is 1.86 bits per heavy atom. The zero-order valence-electron chi connectivity index (χ0n) is 12.7. The molecule has 0 atom stereocenters. The number of nitrogens with zero attached hydrogens (tertiary/aromatic N) is 6. The van der Waals surface area contributed by atoms with E-state index in [9.17, 15) is 0 Å². The van der Waals surface area contributed by atoms with E-state index in [0.717, 1.165) is 6.67 Å². The molecule has 1 heterocycles. The summed E-state index contributed by atoms with van der Waals surface area (Å²) >= 11 is 0. The smallest absolute Gasteiger partial charge is 0.362 e. The number of hydrogen-bond acceptors (Lipinski definition) is 6. The van der Waals surface area contributed by atoms with Gasteiger partial charge in [0.1, 0.15) is 0 Å². The van der Waals surface area contributed by atoms with Crippen LogP contribution in [0.2, 0.25) is 0 Å². The van der Waals surface area contributed by atoms with Gasteiger partial charge in [-0.15, -0.1) is 23.9 Å². The zero-order valence-corrected chi connectivity index (χ0v) is 12.7. The van der Waals surface area contributed by atoms with Crippen LogP contribution in [0.3, 0.4) is 0 Å². The molecule has 0 spiro atoms. The lowest BCUT2D eigenvalue weighted by Crippen LogP contribution is -2.26. The van der Waals surface area contributed by atoms with E-state index in [2.05, 4.69) is 36.2 Å². The van der Waals surface area contributed by atoms with Crippen molar-refractivity contribution in [2.75, 3.05) is 20.3 Å². The van der Waals surface area contributed by atoms with Crippen molar-refractivity contribution in [2.24, 2.45) is 0 Å². The van der Waals surface area contributed by atoms with Crippen molar-refractivity contribution in [1.29, 1.82) is 21.0 Å². The summed E-state index contributed by atoms with van der Waals surface area (Å²) in [5, 5.41) is 32.3. The summed E-state index contributed by atoms with van der Waals surface area (Å²) in [4.78, 5) is 4.58. The standard InChI is InChI=1S/C10H20N2.C4BN4/c1-3-4-5-6-7-12-9-8-11(2)10-12;6-1-5(2-7,3-8)4-9/h8-9H,3-7,10H2,1-2H3;/q;-1. The first-order valence-corrected chi connectivity index (χ1v) is 7.00. The van der Waals surface area contributed by atoms with Crippen LogP contribution < -0.4 is 0 Å². The third-order valence-electron chi connectivity index (χ3n) is 3.01. The highest BCUT2D eigenvalue weighted by Crippen LogP contribution is 2.06. The van der Waals surface area contributed by atoms with Crippen LogP contribution in [0.25, 0.3) is 0 Å². The second-order valence-corrected chi connectivity index (χ2v) is 4.95. The van der Waals surface area contributed by atoms with Gasteiger partial charge in [-0.3, -0.25) is 0 Å². The van der Waals surface area contributed by atoms with E-state index in [0.29, 0.717) is 0 Å². The number of hydrogen-bond donors (Lipinski definition) is 0. The average molecular weight is 283 g/mol. The van der Waals surface area contributed by atoms with Crippen molar-refractivity contribution in [3.63, 3.8) is 0 Å². The summed E-state index contributed by atoms with van der Waals surface area (Å²) in [6.45, 7) is 4.55. The summed E-state index contributed by atoms with van der Waals surface area (Å²) in [6, 6.07) is 0. The molecule has 1 aliphatic rings. The molecule has 0 saturated heterocycles. The minimum absolute atomic E-state index is 1.08. The Bertz CT molecular complexity index is 440. The average Bonchev–Trinajstić information content (AvgIpc) is 2.93. The summed E-state index contributed by atoms with van der Waals surface area (Å²) in [5.41, 5.74) is 0. The van der Waals surface area contributed by atoms with Crippen LogP contribution in [0.5, 0.6) is 0 Å². The quantitative estimate of drug-likeness (QED) is 0.564. The predicted octanol–water partition coefficient (Wildman–Crippen LogP) is 1.93. The lowest BCUT2D eigenvalue weighted by molar-refractivity contribution is 0.291. The van der Waals surface area contributed by atoms with Crippen molar-refractivity contribution >= 4 is 6.15 Å². The van der Waals surface area contributed by atoms with E-state index in [1.165, 1.54) is 56.1 Å². The van der Waals surface area contributed by atoms with Crippen LogP contribution in [-0.4, -0.2) is 36.2 Å². The van der Waals surface area contributed by atoms with E-state index in [1.807, 2.05) is 0 Å². The summed E-state index contributed by atoms with van der Waals surface area (Å²) in [6.07, 6.45) is 7.03. The SMILES string of the molecule is CCCCCCN1C=CN(C)C1.N#C[B-](C#N)(C#N)C#N. The molecule has 0 aromatic carbocycles. The molecule has 0 saturated carbocycles. The highest BCUT2D eigenvalue weighted by Gasteiger charge is 2.22. The first kappa shape index (κ1) is 18.4. The monoisotopic (exact) mass is 283 g/mol. The van der Waals surface area contributed by atoms with Gasteiger partial charge >= 0.3 is 6.15 Å². The molecule has 7 heteroatoms. The third kappa shape index (κ3) is 6.91. The van der Waals surface area contributed by atoms with Gasteiger partial charge < -0.3 is 9.80 Å². The second-order valence-electron chi connectivity index (χ2n) is 4.95. The highest BCUT2D eigenvalue weighted by atomic mass is 15.3. The number of rotatable bonds is 5. The van der Waals surface area contributed by atoms with Crippen molar-refractivity contribution in [3.8, 4) is 23.9 Å². The summed E-state index contributed by atoms with van der Waals surface area (Å²) in [7, 11) is 2.11. The molecule has 0 unspecified atom stereocenters. The van der Waals surface area contributed by atoms with E-state index >= 15 is 0 Å². The Kier molecular flexibility index (Phi) is 8.91. The number of unbranched alkanes of at least 4 members (excludes halogenated alkanes) is 3. The van der Waals surface area contributed by atoms with Gasteiger partial charge in [0.05, 0.1) is 6.67 Å². The third-order valence-corrected chi connectivity index (χ3v) is 3.01. The molecular formula is C14H20BN6-. The van der Waals surface area contributed by atoms with Gasteiger partial charge in [0.25, 0.3) is 0 Å². The molecule has 0 aromatic rings. The Morgan fingerprint density at radius 1 is 0.952 bits per heavy atom. The van der Waals surface area contributed by atoms with Crippen molar-refractivity contribution in [1.82, 2.24) is 9.80 Å². The predicted molar refractivity (Wildman–Crippen MR) is 80.8 cm³/mol. The first-order valence-electron chi connectivity index (χ1n) is 7.00. The molecular weight excluding hydrogens is 263 g/mol. The van der Waals surface area contributed by atoms with Gasteiger partial charge in [0.15, 0.2) is 0 Å². The molecule has 0 aliphatic carbocycles. The second kappa shape index (κ2) is 10.2. The highest BCUT2D eigenvalue weighted by molar-refractivity contribution is 7.05. The Balaban J connectivity index is 0.000000400. The molecule has 0 radical (unpaired) electrons. The minimum Gasteiger partial charge on any atom is -0.362 e. The van der Waals surface area contributed by atoms with Gasteiger partial charge in [-0.05, 0) is 6.42 Å². The van der Waals surface area contributed by atoms with Crippen LogP contribution in [0.4, 0.5) is 0 Å². The lowest BCUT2D eigenvalue weighted by Gasteiger charge is -2.17. The van der Waals surface area contributed by atoms with Crippen molar-refractivity contribution < 1.29 is 0 Å². The molecule has 0 bridgehead atoms. The summed E-state index contributed by atoms with van der Waals surface area (Å²) in [5.74, 6) is 5.38.